The quantitative estimate of drug-likeness (QED) is 0.903. The molecule has 20 heavy (non-hydrogen) atoms. The van der Waals surface area contributed by atoms with E-state index in [9.17, 15) is 18.4 Å². The van der Waals surface area contributed by atoms with Crippen LogP contribution in [-0.4, -0.2) is 11.8 Å². The second-order valence-corrected chi connectivity index (χ2v) is 4.06. The predicted molar refractivity (Wildman–Crippen MR) is 69.3 cm³/mol. The van der Waals surface area contributed by atoms with Crippen LogP contribution >= 0.6 is 0 Å². The Kier molecular flexibility index (Phi) is 3.74. The van der Waals surface area contributed by atoms with Crippen molar-refractivity contribution in [2.45, 2.75) is 0 Å². The number of hydrogen-bond donors (Lipinski definition) is 2. The van der Waals surface area contributed by atoms with Crippen molar-refractivity contribution in [2.24, 2.45) is 5.73 Å². The molecule has 6 heteroatoms. The van der Waals surface area contributed by atoms with Crippen LogP contribution in [0.25, 0.3) is 0 Å². The van der Waals surface area contributed by atoms with Crippen molar-refractivity contribution in [3.05, 3.63) is 65.2 Å². The summed E-state index contributed by atoms with van der Waals surface area (Å²) in [5, 5.41) is 2.43. The summed E-state index contributed by atoms with van der Waals surface area (Å²) in [4.78, 5) is 22.8. The summed E-state index contributed by atoms with van der Waals surface area (Å²) >= 11 is 0. The Morgan fingerprint density at radius 3 is 2.20 bits per heavy atom. The van der Waals surface area contributed by atoms with Crippen LogP contribution in [0.5, 0.6) is 0 Å². The normalized spacial score (nSPS) is 10.1. The highest BCUT2D eigenvalue weighted by Gasteiger charge is 2.10. The number of amides is 2. The molecule has 2 aromatic carbocycles. The fourth-order valence-electron chi connectivity index (χ4n) is 1.64. The van der Waals surface area contributed by atoms with Gasteiger partial charge in [-0.1, -0.05) is 6.07 Å². The first-order valence-electron chi connectivity index (χ1n) is 5.63. The summed E-state index contributed by atoms with van der Waals surface area (Å²) in [6.45, 7) is 0. The summed E-state index contributed by atoms with van der Waals surface area (Å²) in [5.74, 6) is -3.02. The summed E-state index contributed by atoms with van der Waals surface area (Å²) in [7, 11) is 0. The van der Waals surface area contributed by atoms with Gasteiger partial charge in [0.1, 0.15) is 11.6 Å². The minimum atomic E-state index is -0.846. The van der Waals surface area contributed by atoms with Gasteiger partial charge in [-0.25, -0.2) is 8.78 Å². The van der Waals surface area contributed by atoms with Gasteiger partial charge in [0.15, 0.2) is 0 Å². The number of nitrogens with one attached hydrogen (secondary N) is 1. The van der Waals surface area contributed by atoms with E-state index in [1.165, 1.54) is 24.3 Å². The van der Waals surface area contributed by atoms with Gasteiger partial charge in [0, 0.05) is 22.9 Å². The molecular formula is C14H10F2N2O2. The Morgan fingerprint density at radius 2 is 1.60 bits per heavy atom. The molecule has 2 amide bonds. The molecule has 0 radical (unpaired) electrons. The fraction of sp³-hybridized carbons (Fsp3) is 0. The van der Waals surface area contributed by atoms with Crippen LogP contribution in [0, 0.1) is 11.6 Å². The fourth-order valence-corrected chi connectivity index (χ4v) is 1.64. The van der Waals surface area contributed by atoms with Crippen LogP contribution in [0.15, 0.2) is 42.5 Å². The smallest absolute Gasteiger partial charge is 0.255 e. The molecule has 0 unspecified atom stereocenters. The number of carbonyl (C=O) groups excluding carboxylic acids is 2. The highest BCUT2D eigenvalue weighted by atomic mass is 19.1. The first-order chi connectivity index (χ1) is 9.45. The van der Waals surface area contributed by atoms with Gasteiger partial charge in [-0.05, 0) is 30.3 Å². The highest BCUT2D eigenvalue weighted by molar-refractivity contribution is 6.05. The van der Waals surface area contributed by atoms with Gasteiger partial charge < -0.3 is 11.1 Å². The van der Waals surface area contributed by atoms with Crippen molar-refractivity contribution in [3.63, 3.8) is 0 Å². The first-order valence-corrected chi connectivity index (χ1v) is 5.63. The molecule has 0 aliphatic rings. The van der Waals surface area contributed by atoms with Gasteiger partial charge in [-0.15, -0.1) is 0 Å². The first kappa shape index (κ1) is 13.7. The van der Waals surface area contributed by atoms with Crippen molar-refractivity contribution in [2.75, 3.05) is 5.32 Å². The Morgan fingerprint density at radius 1 is 0.950 bits per heavy atom. The van der Waals surface area contributed by atoms with Crippen molar-refractivity contribution in [1.29, 1.82) is 0 Å². The van der Waals surface area contributed by atoms with E-state index < -0.39 is 23.4 Å². The molecule has 0 aliphatic carbocycles. The van der Waals surface area contributed by atoms with Gasteiger partial charge in [0.2, 0.25) is 5.91 Å². The molecule has 0 heterocycles. The lowest BCUT2D eigenvalue weighted by molar-refractivity contribution is 0.0996. The van der Waals surface area contributed by atoms with E-state index in [2.05, 4.69) is 5.32 Å². The lowest BCUT2D eigenvalue weighted by Crippen LogP contribution is -2.14. The van der Waals surface area contributed by atoms with E-state index in [0.29, 0.717) is 11.8 Å². The second kappa shape index (κ2) is 5.48. The molecule has 102 valence electrons. The monoisotopic (exact) mass is 276 g/mol. The van der Waals surface area contributed by atoms with Gasteiger partial charge in [-0.2, -0.15) is 0 Å². The zero-order chi connectivity index (χ0) is 14.7. The van der Waals surface area contributed by atoms with Gasteiger partial charge in [-0.3, -0.25) is 9.59 Å². The van der Waals surface area contributed by atoms with Crippen LogP contribution < -0.4 is 11.1 Å². The van der Waals surface area contributed by atoms with Gasteiger partial charge >= 0.3 is 0 Å². The van der Waals surface area contributed by atoms with Crippen molar-refractivity contribution in [3.8, 4) is 0 Å². The van der Waals surface area contributed by atoms with Crippen LogP contribution in [0.3, 0.4) is 0 Å². The molecule has 0 atom stereocenters. The molecule has 2 aromatic rings. The molecule has 4 nitrogen and oxygen atoms in total. The van der Waals surface area contributed by atoms with Crippen LogP contribution in [0.4, 0.5) is 14.5 Å². The Labute approximate surface area is 113 Å². The van der Waals surface area contributed by atoms with E-state index in [-0.39, 0.29) is 11.1 Å². The minimum Gasteiger partial charge on any atom is -0.366 e. The molecule has 3 N–H and O–H groups in total. The number of anilines is 1. The Bertz CT molecular complexity index is 666. The third kappa shape index (κ3) is 3.17. The van der Waals surface area contributed by atoms with E-state index in [1.807, 2.05) is 0 Å². The second-order valence-electron chi connectivity index (χ2n) is 4.06. The van der Waals surface area contributed by atoms with Crippen LogP contribution in [-0.2, 0) is 0 Å². The molecule has 0 aliphatic heterocycles. The number of primary amides is 1. The summed E-state index contributed by atoms with van der Waals surface area (Å²) in [6, 6.07) is 8.41. The number of halogens is 2. The van der Waals surface area contributed by atoms with E-state index in [0.717, 1.165) is 12.1 Å². The standard InChI is InChI=1S/C14H10F2N2O2/c15-10-4-9(5-11(16)7-10)14(20)18-12-3-1-2-8(6-12)13(17)19/h1-7H,(H2,17,19)(H,18,20). The molecule has 0 saturated carbocycles. The lowest BCUT2D eigenvalue weighted by Gasteiger charge is -2.06. The third-order valence-electron chi connectivity index (χ3n) is 2.53. The molecule has 2 rings (SSSR count). The minimum absolute atomic E-state index is 0.160. The maximum Gasteiger partial charge on any atom is 0.255 e. The van der Waals surface area contributed by atoms with Crippen molar-refractivity contribution >= 4 is 17.5 Å². The van der Waals surface area contributed by atoms with Crippen molar-refractivity contribution < 1.29 is 18.4 Å². The van der Waals surface area contributed by atoms with Gasteiger partial charge in [0.05, 0.1) is 0 Å². The topological polar surface area (TPSA) is 72.2 Å². The molecule has 0 aromatic heterocycles. The maximum atomic E-state index is 13.0. The SMILES string of the molecule is NC(=O)c1cccc(NC(=O)c2cc(F)cc(F)c2)c1. The average Bonchev–Trinajstić information content (AvgIpc) is 2.37. The number of carbonyl (C=O) groups is 2. The molecule has 0 saturated heterocycles. The van der Waals surface area contributed by atoms with Crippen molar-refractivity contribution in [1.82, 2.24) is 0 Å². The molecular weight excluding hydrogens is 266 g/mol. The van der Waals surface area contributed by atoms with E-state index in [1.54, 1.807) is 0 Å². The number of rotatable bonds is 3. The zero-order valence-electron chi connectivity index (χ0n) is 10.2. The lowest BCUT2D eigenvalue weighted by atomic mass is 10.1. The van der Waals surface area contributed by atoms with Crippen LogP contribution in [0.2, 0.25) is 0 Å². The number of hydrogen-bond acceptors (Lipinski definition) is 2. The van der Waals surface area contributed by atoms with E-state index in [4.69, 9.17) is 5.73 Å². The summed E-state index contributed by atoms with van der Waals surface area (Å²) < 4.78 is 26.0. The maximum absolute atomic E-state index is 13.0. The highest BCUT2D eigenvalue weighted by Crippen LogP contribution is 2.13. The zero-order valence-corrected chi connectivity index (χ0v) is 10.2. The Hall–Kier alpha value is -2.76. The number of benzene rings is 2. The molecule has 0 fully saturated rings. The molecule has 0 bridgehead atoms. The largest absolute Gasteiger partial charge is 0.366 e. The van der Waals surface area contributed by atoms with Gasteiger partial charge in [0.25, 0.3) is 5.91 Å². The summed E-state index contributed by atoms with van der Waals surface area (Å²) in [5.41, 5.74) is 5.47. The summed E-state index contributed by atoms with van der Waals surface area (Å²) in [6.07, 6.45) is 0. The van der Waals surface area contributed by atoms with E-state index >= 15 is 0 Å². The van der Waals surface area contributed by atoms with Crippen LogP contribution in [0.1, 0.15) is 20.7 Å². The Balaban J connectivity index is 2.23. The molecule has 0 spiro atoms. The average molecular weight is 276 g/mol. The number of nitrogens with two attached hydrogens (primary N) is 1. The third-order valence-corrected chi connectivity index (χ3v) is 2.53. The predicted octanol–water partition coefficient (Wildman–Crippen LogP) is 2.32.